The Morgan fingerprint density at radius 3 is 2.47 bits per heavy atom. The first kappa shape index (κ1) is 11.0. The first-order chi connectivity index (χ1) is 7.04. The van der Waals surface area contributed by atoms with Gasteiger partial charge in [-0.05, 0) is 62.8 Å². The molecule has 0 aromatic heterocycles. The maximum Gasteiger partial charge on any atom is 0.0609 e. The molecule has 2 rings (SSSR count). The molecule has 1 aliphatic carbocycles. The Labute approximate surface area is 96.4 Å². The highest BCUT2D eigenvalue weighted by molar-refractivity contribution is 8.00. The second-order valence-corrected chi connectivity index (χ2v) is 6.57. The van der Waals surface area contributed by atoms with Gasteiger partial charge in [0.15, 0.2) is 0 Å². The molecule has 2 N–H and O–H groups in total. The van der Waals surface area contributed by atoms with Gasteiger partial charge in [-0.2, -0.15) is 0 Å². The molecule has 1 aromatic rings. The lowest BCUT2D eigenvalue weighted by atomic mass is 9.92. The van der Waals surface area contributed by atoms with Gasteiger partial charge in [0, 0.05) is 4.90 Å². The Kier molecular flexibility index (Phi) is 3.08. The van der Waals surface area contributed by atoms with Crippen molar-refractivity contribution in [3.8, 4) is 0 Å². The van der Waals surface area contributed by atoms with E-state index >= 15 is 0 Å². The highest BCUT2D eigenvalue weighted by Gasteiger charge is 2.15. The summed E-state index contributed by atoms with van der Waals surface area (Å²) in [5, 5.41) is 0. The zero-order chi connectivity index (χ0) is 10.9. The predicted octanol–water partition coefficient (Wildman–Crippen LogP) is 3.35. The number of hydrogen-bond acceptors (Lipinski definition) is 2. The Hall–Kier alpha value is -0.470. The molecule has 0 radical (unpaired) electrons. The first-order valence-electron chi connectivity index (χ1n) is 5.64. The van der Waals surface area contributed by atoms with Crippen LogP contribution in [0.25, 0.3) is 0 Å². The van der Waals surface area contributed by atoms with Gasteiger partial charge in [0.25, 0.3) is 0 Å². The van der Waals surface area contributed by atoms with Gasteiger partial charge in [-0.3, -0.25) is 0 Å². The van der Waals surface area contributed by atoms with Gasteiger partial charge in [-0.1, -0.05) is 6.07 Å². The molecule has 1 aromatic carbocycles. The van der Waals surface area contributed by atoms with E-state index in [4.69, 9.17) is 5.73 Å². The molecule has 0 saturated heterocycles. The minimum absolute atomic E-state index is 0.178. The van der Waals surface area contributed by atoms with Crippen LogP contribution in [-0.4, -0.2) is 4.87 Å². The van der Waals surface area contributed by atoms with Crippen molar-refractivity contribution in [3.05, 3.63) is 29.3 Å². The molecule has 0 fully saturated rings. The molecule has 0 saturated carbocycles. The van der Waals surface area contributed by atoms with Crippen molar-refractivity contribution < 1.29 is 0 Å². The van der Waals surface area contributed by atoms with E-state index in [1.807, 2.05) is 0 Å². The normalized spacial score (nSPS) is 16.2. The number of nitrogens with two attached hydrogens (primary N) is 1. The van der Waals surface area contributed by atoms with Crippen molar-refractivity contribution in [1.29, 1.82) is 0 Å². The van der Waals surface area contributed by atoms with Crippen LogP contribution >= 0.6 is 11.8 Å². The van der Waals surface area contributed by atoms with E-state index in [2.05, 4.69) is 32.0 Å². The molecule has 1 nitrogen and oxygen atoms in total. The fourth-order valence-electron chi connectivity index (χ4n) is 2.08. The largest absolute Gasteiger partial charge is 0.317 e. The second kappa shape index (κ2) is 4.18. The van der Waals surface area contributed by atoms with Crippen molar-refractivity contribution >= 4 is 11.8 Å². The lowest BCUT2D eigenvalue weighted by molar-refractivity contribution is 0.683. The van der Waals surface area contributed by atoms with E-state index in [1.165, 1.54) is 36.1 Å². The molecule has 1 aliphatic rings. The highest BCUT2D eigenvalue weighted by Crippen LogP contribution is 2.31. The van der Waals surface area contributed by atoms with Crippen molar-refractivity contribution in [2.75, 3.05) is 0 Å². The molecule has 0 aliphatic heterocycles. The SMILES string of the molecule is CC(C)(N)Sc1ccc2c(c1)CCCC2. The minimum atomic E-state index is -0.178. The molecule has 15 heavy (non-hydrogen) atoms. The molecule has 0 bridgehead atoms. The summed E-state index contributed by atoms with van der Waals surface area (Å²) in [5.74, 6) is 0. The number of rotatable bonds is 2. The maximum atomic E-state index is 6.01. The number of fused-ring (bicyclic) bond motifs is 1. The second-order valence-electron chi connectivity index (χ2n) is 4.84. The Morgan fingerprint density at radius 2 is 1.80 bits per heavy atom. The molecular weight excluding hydrogens is 202 g/mol. The van der Waals surface area contributed by atoms with Crippen molar-refractivity contribution in [1.82, 2.24) is 0 Å². The number of benzene rings is 1. The molecule has 2 heteroatoms. The van der Waals surface area contributed by atoms with Crippen LogP contribution in [0.2, 0.25) is 0 Å². The van der Waals surface area contributed by atoms with Crippen molar-refractivity contribution in [3.63, 3.8) is 0 Å². The van der Waals surface area contributed by atoms with Crippen LogP contribution in [0.4, 0.5) is 0 Å². The van der Waals surface area contributed by atoms with Gasteiger partial charge in [0.05, 0.1) is 4.87 Å². The molecule has 0 unspecified atom stereocenters. The van der Waals surface area contributed by atoms with Crippen LogP contribution in [0.3, 0.4) is 0 Å². The molecular formula is C13H19NS. The van der Waals surface area contributed by atoms with E-state index < -0.39 is 0 Å². The Morgan fingerprint density at radius 1 is 1.13 bits per heavy atom. The number of thioether (sulfide) groups is 1. The average Bonchev–Trinajstić information content (AvgIpc) is 2.15. The van der Waals surface area contributed by atoms with Gasteiger partial charge in [-0.25, -0.2) is 0 Å². The van der Waals surface area contributed by atoms with Crippen LogP contribution in [-0.2, 0) is 12.8 Å². The topological polar surface area (TPSA) is 26.0 Å². The fourth-order valence-corrected chi connectivity index (χ4v) is 3.02. The van der Waals surface area contributed by atoms with E-state index in [-0.39, 0.29) is 4.87 Å². The molecule has 0 amide bonds. The monoisotopic (exact) mass is 221 g/mol. The zero-order valence-electron chi connectivity index (χ0n) is 9.55. The summed E-state index contributed by atoms with van der Waals surface area (Å²) in [7, 11) is 0. The van der Waals surface area contributed by atoms with E-state index in [9.17, 15) is 0 Å². The highest BCUT2D eigenvalue weighted by atomic mass is 32.2. The predicted molar refractivity (Wildman–Crippen MR) is 67.2 cm³/mol. The van der Waals surface area contributed by atoms with Crippen molar-refractivity contribution in [2.24, 2.45) is 5.73 Å². The van der Waals surface area contributed by atoms with Gasteiger partial charge in [0.2, 0.25) is 0 Å². The Bertz CT molecular complexity index is 352. The maximum absolute atomic E-state index is 6.01. The van der Waals surface area contributed by atoms with Gasteiger partial charge >= 0.3 is 0 Å². The van der Waals surface area contributed by atoms with Gasteiger partial charge in [-0.15, -0.1) is 11.8 Å². The fraction of sp³-hybridized carbons (Fsp3) is 0.538. The number of aryl methyl sites for hydroxylation is 2. The molecule has 82 valence electrons. The average molecular weight is 221 g/mol. The van der Waals surface area contributed by atoms with E-state index in [1.54, 1.807) is 17.3 Å². The summed E-state index contributed by atoms with van der Waals surface area (Å²) in [5.41, 5.74) is 9.09. The smallest absolute Gasteiger partial charge is 0.0609 e. The zero-order valence-corrected chi connectivity index (χ0v) is 10.4. The van der Waals surface area contributed by atoms with Crippen LogP contribution in [0.5, 0.6) is 0 Å². The van der Waals surface area contributed by atoms with Crippen LogP contribution in [0.15, 0.2) is 23.1 Å². The first-order valence-corrected chi connectivity index (χ1v) is 6.46. The summed E-state index contributed by atoms with van der Waals surface area (Å²) in [6.07, 6.45) is 5.19. The summed E-state index contributed by atoms with van der Waals surface area (Å²) in [4.78, 5) is 1.13. The summed E-state index contributed by atoms with van der Waals surface area (Å²) < 4.78 is 0. The molecule has 0 atom stereocenters. The molecule has 0 heterocycles. The third-order valence-electron chi connectivity index (χ3n) is 2.70. The molecule has 0 spiro atoms. The Balaban J connectivity index is 2.21. The lowest BCUT2D eigenvalue weighted by Gasteiger charge is -2.20. The quantitative estimate of drug-likeness (QED) is 0.612. The van der Waals surface area contributed by atoms with E-state index in [0.29, 0.717) is 0 Å². The van der Waals surface area contributed by atoms with Gasteiger partial charge in [0.1, 0.15) is 0 Å². The van der Waals surface area contributed by atoms with Gasteiger partial charge < -0.3 is 5.73 Å². The summed E-state index contributed by atoms with van der Waals surface area (Å²) in [6.45, 7) is 4.11. The summed E-state index contributed by atoms with van der Waals surface area (Å²) in [6, 6.07) is 6.82. The standard InChI is InChI=1S/C13H19NS/c1-13(2,14)15-12-8-7-10-5-3-4-6-11(10)9-12/h7-9H,3-6,14H2,1-2H3. The van der Waals surface area contributed by atoms with Crippen LogP contribution < -0.4 is 5.73 Å². The van der Waals surface area contributed by atoms with Crippen LogP contribution in [0.1, 0.15) is 37.8 Å². The lowest BCUT2D eigenvalue weighted by Crippen LogP contribution is -2.26. The minimum Gasteiger partial charge on any atom is -0.317 e. The third-order valence-corrected chi connectivity index (χ3v) is 3.72. The van der Waals surface area contributed by atoms with Crippen molar-refractivity contribution in [2.45, 2.75) is 49.3 Å². The van der Waals surface area contributed by atoms with Crippen LogP contribution in [0, 0.1) is 0 Å². The number of hydrogen-bond donors (Lipinski definition) is 1. The summed E-state index contributed by atoms with van der Waals surface area (Å²) >= 11 is 1.75. The third kappa shape index (κ3) is 2.99. The van der Waals surface area contributed by atoms with E-state index in [0.717, 1.165) is 0 Å².